The first-order chi connectivity index (χ1) is 35.7. The summed E-state index contributed by atoms with van der Waals surface area (Å²) in [7, 11) is 0. The number of unbranched alkanes of at least 4 members (excludes halogenated alkanes) is 18. The highest BCUT2D eigenvalue weighted by atomic mass is 16.7. The van der Waals surface area contributed by atoms with Crippen molar-refractivity contribution in [3.05, 3.63) is 122 Å². The molecule has 11 nitrogen and oxygen atoms in total. The van der Waals surface area contributed by atoms with Gasteiger partial charge in [-0.3, -0.25) is 9.59 Å². The Balaban J connectivity index is 2.79. The van der Waals surface area contributed by atoms with Crippen molar-refractivity contribution in [2.75, 3.05) is 13.2 Å². The van der Waals surface area contributed by atoms with E-state index < -0.39 is 67.4 Å². The van der Waals surface area contributed by atoms with E-state index in [-0.39, 0.29) is 19.4 Å². The maximum atomic E-state index is 13.4. The van der Waals surface area contributed by atoms with Gasteiger partial charge in [0, 0.05) is 6.42 Å². The summed E-state index contributed by atoms with van der Waals surface area (Å²) in [6.07, 6.45) is 56.6. The first-order valence-corrected chi connectivity index (χ1v) is 28.4. The van der Waals surface area contributed by atoms with E-state index in [1.165, 1.54) is 57.8 Å². The predicted octanol–water partition coefficient (Wildman–Crippen LogP) is 12.7. The molecule has 1 saturated heterocycles. The number of amides is 1. The van der Waals surface area contributed by atoms with Crippen LogP contribution in [0.1, 0.15) is 194 Å². The van der Waals surface area contributed by atoms with E-state index in [0.717, 1.165) is 89.9 Å². The minimum absolute atomic E-state index is 0.0847. The molecule has 0 aromatic rings. The number of allylic oxidation sites excluding steroid dienone is 19. The maximum Gasteiger partial charge on any atom is 0.306 e. The highest BCUT2D eigenvalue weighted by Crippen LogP contribution is 2.26. The molecule has 0 bridgehead atoms. The zero-order valence-electron chi connectivity index (χ0n) is 45.4. The molecule has 1 fully saturated rings. The Bertz CT molecular complexity index is 1640. The summed E-state index contributed by atoms with van der Waals surface area (Å²) in [6, 6.07) is -1.06. The van der Waals surface area contributed by atoms with Crippen LogP contribution in [0.2, 0.25) is 0 Å². The number of hydrogen-bond donors (Lipinski definition) is 6. The number of carbonyl (C=O) groups is 2. The summed E-state index contributed by atoms with van der Waals surface area (Å²) in [5.41, 5.74) is 0. The average molecular weight is 1020 g/mol. The smallest absolute Gasteiger partial charge is 0.306 e. The van der Waals surface area contributed by atoms with E-state index in [1.54, 1.807) is 6.08 Å². The second-order valence-corrected chi connectivity index (χ2v) is 19.1. The fourth-order valence-corrected chi connectivity index (χ4v) is 7.98. The van der Waals surface area contributed by atoms with Crippen LogP contribution in [0, 0.1) is 0 Å². The van der Waals surface area contributed by atoms with Crippen molar-refractivity contribution in [1.82, 2.24) is 5.32 Å². The second-order valence-electron chi connectivity index (χ2n) is 19.1. The van der Waals surface area contributed by atoms with Gasteiger partial charge in [0.05, 0.1) is 25.4 Å². The van der Waals surface area contributed by atoms with Crippen LogP contribution in [0.25, 0.3) is 0 Å². The summed E-state index contributed by atoms with van der Waals surface area (Å²) in [5.74, 6) is -1.28. The van der Waals surface area contributed by atoms with E-state index in [1.807, 2.05) is 72.9 Å². The van der Waals surface area contributed by atoms with Crippen LogP contribution in [-0.2, 0) is 23.8 Å². The number of nitrogens with one attached hydrogen (secondary N) is 1. The van der Waals surface area contributed by atoms with Gasteiger partial charge in [-0.2, -0.15) is 0 Å². The van der Waals surface area contributed by atoms with Gasteiger partial charge >= 0.3 is 5.97 Å². The van der Waals surface area contributed by atoms with Crippen molar-refractivity contribution in [3.8, 4) is 0 Å². The van der Waals surface area contributed by atoms with Gasteiger partial charge in [0.2, 0.25) is 5.91 Å². The molecule has 1 aliphatic heterocycles. The van der Waals surface area contributed by atoms with Crippen LogP contribution in [-0.4, -0.2) is 99.6 Å². The SMILES string of the molecule is CC\C=C/C=C/C=C/C=C\C=C\C=C\CCCCC(O)C(=O)NC(COC1OC(CO)C(O)C(O)C1OC(=O)CCCCCC/C=C\C/C=C\C/C=C\CCCCC)C(O)/C=C/CCCCCCCCCCC. The molecule has 1 rings (SSSR count). The molecule has 8 unspecified atom stereocenters. The predicted molar refractivity (Wildman–Crippen MR) is 301 cm³/mol. The van der Waals surface area contributed by atoms with Gasteiger partial charge in [-0.05, 0) is 83.5 Å². The van der Waals surface area contributed by atoms with Gasteiger partial charge in [0.25, 0.3) is 0 Å². The molecule has 6 N–H and O–H groups in total. The number of aliphatic hydroxyl groups is 5. The van der Waals surface area contributed by atoms with Crippen molar-refractivity contribution in [2.45, 2.75) is 243 Å². The third kappa shape index (κ3) is 37.4. The molecule has 0 spiro atoms. The molecule has 0 aromatic carbocycles. The van der Waals surface area contributed by atoms with Gasteiger partial charge in [-0.1, -0.05) is 226 Å². The Morgan fingerprint density at radius 3 is 1.63 bits per heavy atom. The van der Waals surface area contributed by atoms with Crippen LogP contribution in [0.5, 0.6) is 0 Å². The standard InChI is InChI=1S/C62H101NO10/c1-4-7-10-13-16-19-22-24-26-28-30-32-35-38-41-44-47-50-57(67)73-60-59(69)58(68)56(51-64)72-62(60)71-52-53(54(65)48-45-42-39-36-33-21-18-15-12-9-6-3)63-61(70)55(66)49-46-43-40-37-34-31-29-27-25-23-20-17-14-11-8-5-2/h8,11,14,16-17,19-20,23-27,29-32,34,37,45,48,53-56,58-60,62,64-66,68-69H,4-7,9-10,12-13,15,18,21-22,28,33,35-36,38-44,46-47,49-52H2,1-3H3,(H,63,70)/b11-8-,17-14+,19-16-,23-20+,26-24-,27-25-,31-29+,32-30-,37-34+,48-45+. The minimum Gasteiger partial charge on any atom is -0.454 e. The first kappa shape index (κ1) is 67.1. The third-order valence-corrected chi connectivity index (χ3v) is 12.5. The zero-order valence-corrected chi connectivity index (χ0v) is 45.4. The molecule has 0 radical (unpaired) electrons. The van der Waals surface area contributed by atoms with Crippen molar-refractivity contribution >= 4 is 11.9 Å². The summed E-state index contributed by atoms with van der Waals surface area (Å²) in [6.45, 7) is 5.53. The second kappa shape index (κ2) is 49.0. The van der Waals surface area contributed by atoms with Gasteiger partial charge in [-0.15, -0.1) is 0 Å². The van der Waals surface area contributed by atoms with Crippen molar-refractivity contribution in [2.24, 2.45) is 0 Å². The van der Waals surface area contributed by atoms with E-state index in [4.69, 9.17) is 14.2 Å². The van der Waals surface area contributed by atoms with Gasteiger partial charge in [-0.25, -0.2) is 0 Å². The lowest BCUT2D eigenvalue weighted by Gasteiger charge is -2.41. The fraction of sp³-hybridized carbons (Fsp3) is 0.645. The zero-order chi connectivity index (χ0) is 53.3. The van der Waals surface area contributed by atoms with Gasteiger partial charge in [0.1, 0.15) is 24.4 Å². The molecule has 0 aromatic heterocycles. The number of rotatable bonds is 45. The van der Waals surface area contributed by atoms with Crippen LogP contribution < -0.4 is 5.32 Å². The summed E-state index contributed by atoms with van der Waals surface area (Å²) in [4.78, 5) is 26.4. The molecule has 1 heterocycles. The number of hydrogen-bond acceptors (Lipinski definition) is 10. The lowest BCUT2D eigenvalue weighted by Crippen LogP contribution is -2.61. The fourth-order valence-electron chi connectivity index (χ4n) is 7.98. The largest absolute Gasteiger partial charge is 0.454 e. The van der Waals surface area contributed by atoms with Gasteiger partial charge < -0.3 is 45.1 Å². The maximum absolute atomic E-state index is 13.4. The number of aliphatic hydroxyl groups excluding tert-OH is 5. The Morgan fingerprint density at radius 1 is 0.562 bits per heavy atom. The molecular weight excluding hydrogens is 919 g/mol. The quantitative estimate of drug-likeness (QED) is 0.0149. The van der Waals surface area contributed by atoms with E-state index in [2.05, 4.69) is 68.6 Å². The van der Waals surface area contributed by atoms with Gasteiger partial charge in [0.15, 0.2) is 12.4 Å². The highest BCUT2D eigenvalue weighted by molar-refractivity contribution is 5.80. The molecule has 1 amide bonds. The van der Waals surface area contributed by atoms with Crippen LogP contribution in [0.4, 0.5) is 0 Å². The molecule has 0 aliphatic carbocycles. The summed E-state index contributed by atoms with van der Waals surface area (Å²) >= 11 is 0. The van der Waals surface area contributed by atoms with E-state index >= 15 is 0 Å². The van der Waals surface area contributed by atoms with E-state index in [0.29, 0.717) is 12.8 Å². The number of esters is 1. The molecule has 1 aliphatic rings. The monoisotopic (exact) mass is 1020 g/mol. The van der Waals surface area contributed by atoms with Crippen molar-refractivity contribution in [3.63, 3.8) is 0 Å². The molecular formula is C62H101NO10. The lowest BCUT2D eigenvalue weighted by atomic mass is 9.99. The van der Waals surface area contributed by atoms with E-state index in [9.17, 15) is 35.1 Å². The molecule has 11 heteroatoms. The first-order valence-electron chi connectivity index (χ1n) is 28.4. The number of carbonyl (C=O) groups excluding carboxylic acids is 2. The van der Waals surface area contributed by atoms with Crippen LogP contribution >= 0.6 is 0 Å². The minimum atomic E-state index is -1.64. The topological polar surface area (TPSA) is 175 Å². The van der Waals surface area contributed by atoms with Crippen LogP contribution in [0.3, 0.4) is 0 Å². The Morgan fingerprint density at radius 2 is 1.04 bits per heavy atom. The Labute approximate surface area is 442 Å². The van der Waals surface area contributed by atoms with Crippen molar-refractivity contribution < 1.29 is 49.3 Å². The van der Waals surface area contributed by atoms with Crippen molar-refractivity contribution in [1.29, 1.82) is 0 Å². The summed E-state index contributed by atoms with van der Waals surface area (Å²) < 4.78 is 17.5. The lowest BCUT2D eigenvalue weighted by molar-refractivity contribution is -0.305. The molecule has 73 heavy (non-hydrogen) atoms. The molecule has 414 valence electrons. The average Bonchev–Trinajstić information content (AvgIpc) is 3.39. The normalized spacial score (nSPS) is 20.4. The number of ether oxygens (including phenoxy) is 3. The highest BCUT2D eigenvalue weighted by Gasteiger charge is 2.47. The van der Waals surface area contributed by atoms with Crippen LogP contribution in [0.15, 0.2) is 122 Å². The summed E-state index contributed by atoms with van der Waals surface area (Å²) in [5, 5.41) is 56.7. The molecule has 0 saturated carbocycles. The Hall–Kier alpha value is -3.94. The third-order valence-electron chi connectivity index (χ3n) is 12.5. The Kier molecular flexibility index (Phi) is 45.0. The molecule has 8 atom stereocenters.